The summed E-state index contributed by atoms with van der Waals surface area (Å²) in [4.78, 5) is 12.1. The lowest BCUT2D eigenvalue weighted by Crippen LogP contribution is -2.11. The van der Waals surface area contributed by atoms with Gasteiger partial charge in [0.15, 0.2) is 0 Å². The zero-order valence-corrected chi connectivity index (χ0v) is 13.7. The van der Waals surface area contributed by atoms with Crippen LogP contribution in [0.1, 0.15) is 15.9 Å². The lowest BCUT2D eigenvalue weighted by molar-refractivity contribution is 0.102. The summed E-state index contributed by atoms with van der Waals surface area (Å²) in [5, 5.41) is 20.8. The van der Waals surface area contributed by atoms with Crippen molar-refractivity contribution in [2.75, 3.05) is 5.32 Å². The van der Waals surface area contributed by atoms with Crippen molar-refractivity contribution in [3.8, 4) is 5.75 Å². The molecule has 25 heavy (non-hydrogen) atoms. The molecule has 5 heteroatoms. The maximum atomic E-state index is 12.1. The Balaban J connectivity index is 1.69. The smallest absolute Gasteiger partial charge is 0.255 e. The van der Waals surface area contributed by atoms with Crippen molar-refractivity contribution in [3.63, 3.8) is 0 Å². The molecule has 0 spiro atoms. The van der Waals surface area contributed by atoms with E-state index in [0.717, 1.165) is 5.56 Å². The van der Waals surface area contributed by atoms with Crippen molar-refractivity contribution in [1.82, 2.24) is 0 Å². The van der Waals surface area contributed by atoms with E-state index in [4.69, 9.17) is 0 Å². The highest BCUT2D eigenvalue weighted by Crippen LogP contribution is 2.29. The Labute approximate surface area is 145 Å². The SMILES string of the molecule is Cc1ccc(O)c(N=Nc2ccc(NC(=O)c3ccccc3)cc2)c1. The Morgan fingerprint density at radius 3 is 2.36 bits per heavy atom. The molecule has 3 rings (SSSR count). The van der Waals surface area contributed by atoms with E-state index in [0.29, 0.717) is 22.6 Å². The average molecular weight is 331 g/mol. The molecule has 0 aromatic heterocycles. The number of carbonyl (C=O) groups excluding carboxylic acids is 1. The van der Waals surface area contributed by atoms with Crippen LogP contribution in [0.2, 0.25) is 0 Å². The van der Waals surface area contributed by atoms with Crippen LogP contribution < -0.4 is 5.32 Å². The number of nitrogens with one attached hydrogen (secondary N) is 1. The van der Waals surface area contributed by atoms with Crippen molar-refractivity contribution in [2.45, 2.75) is 6.92 Å². The summed E-state index contributed by atoms with van der Waals surface area (Å²) < 4.78 is 0. The zero-order valence-electron chi connectivity index (χ0n) is 13.7. The summed E-state index contributed by atoms with van der Waals surface area (Å²) in [7, 11) is 0. The standard InChI is InChI=1S/C20H17N3O2/c1-14-7-12-19(24)18(13-14)23-22-17-10-8-16(9-11-17)21-20(25)15-5-3-2-4-6-15/h2-13,24H,1H3,(H,21,25). The van der Waals surface area contributed by atoms with Gasteiger partial charge in [0.05, 0.1) is 5.69 Å². The second-order valence-corrected chi connectivity index (χ2v) is 5.56. The van der Waals surface area contributed by atoms with Crippen molar-refractivity contribution >= 4 is 23.0 Å². The van der Waals surface area contributed by atoms with Crippen molar-refractivity contribution < 1.29 is 9.90 Å². The number of nitrogens with zero attached hydrogens (tertiary/aromatic N) is 2. The number of aromatic hydroxyl groups is 1. The maximum absolute atomic E-state index is 12.1. The lowest BCUT2D eigenvalue weighted by atomic mass is 10.2. The molecule has 0 aliphatic rings. The highest BCUT2D eigenvalue weighted by atomic mass is 16.3. The van der Waals surface area contributed by atoms with Gasteiger partial charge in [-0.25, -0.2) is 0 Å². The van der Waals surface area contributed by atoms with Crippen LogP contribution in [0.3, 0.4) is 0 Å². The van der Waals surface area contributed by atoms with Gasteiger partial charge in [-0.3, -0.25) is 4.79 Å². The van der Waals surface area contributed by atoms with E-state index in [1.807, 2.05) is 25.1 Å². The summed E-state index contributed by atoms with van der Waals surface area (Å²) in [6.07, 6.45) is 0. The number of benzene rings is 3. The fourth-order valence-electron chi connectivity index (χ4n) is 2.23. The van der Waals surface area contributed by atoms with E-state index in [1.165, 1.54) is 0 Å². The van der Waals surface area contributed by atoms with Crippen LogP contribution >= 0.6 is 0 Å². The molecule has 0 atom stereocenters. The summed E-state index contributed by atoms with van der Waals surface area (Å²) in [5.41, 5.74) is 3.30. The summed E-state index contributed by atoms with van der Waals surface area (Å²) >= 11 is 0. The van der Waals surface area contributed by atoms with Crippen LogP contribution in [0.5, 0.6) is 5.75 Å². The highest BCUT2D eigenvalue weighted by molar-refractivity contribution is 6.04. The number of hydrogen-bond acceptors (Lipinski definition) is 4. The molecule has 0 aliphatic heterocycles. The first-order valence-electron chi connectivity index (χ1n) is 7.80. The minimum Gasteiger partial charge on any atom is -0.506 e. The average Bonchev–Trinajstić information content (AvgIpc) is 2.64. The molecule has 0 radical (unpaired) electrons. The van der Waals surface area contributed by atoms with Gasteiger partial charge in [-0.2, -0.15) is 5.11 Å². The van der Waals surface area contributed by atoms with Gasteiger partial charge in [-0.05, 0) is 61.0 Å². The molecule has 2 N–H and O–H groups in total. The Morgan fingerprint density at radius 1 is 0.920 bits per heavy atom. The molecule has 0 saturated heterocycles. The van der Waals surface area contributed by atoms with Gasteiger partial charge in [0.25, 0.3) is 5.91 Å². The summed E-state index contributed by atoms with van der Waals surface area (Å²) in [6, 6.07) is 21.2. The number of anilines is 1. The number of aryl methyl sites for hydroxylation is 1. The van der Waals surface area contributed by atoms with E-state index in [1.54, 1.807) is 54.6 Å². The quantitative estimate of drug-likeness (QED) is 0.631. The first-order valence-corrected chi connectivity index (χ1v) is 7.80. The molecule has 0 bridgehead atoms. The van der Waals surface area contributed by atoms with Crippen LogP contribution in [0.15, 0.2) is 83.0 Å². The van der Waals surface area contributed by atoms with Gasteiger partial charge in [0.1, 0.15) is 11.4 Å². The first kappa shape index (κ1) is 16.4. The van der Waals surface area contributed by atoms with Gasteiger partial charge in [-0.1, -0.05) is 24.3 Å². The van der Waals surface area contributed by atoms with Gasteiger partial charge >= 0.3 is 0 Å². The van der Waals surface area contributed by atoms with Crippen LogP contribution in [0, 0.1) is 6.92 Å². The normalized spacial score (nSPS) is 10.8. The Hall–Kier alpha value is -3.47. The highest BCUT2D eigenvalue weighted by Gasteiger charge is 2.05. The second-order valence-electron chi connectivity index (χ2n) is 5.56. The summed E-state index contributed by atoms with van der Waals surface area (Å²) in [6.45, 7) is 1.92. The first-order chi connectivity index (χ1) is 12.1. The minimum absolute atomic E-state index is 0.0843. The number of rotatable bonds is 4. The Morgan fingerprint density at radius 2 is 1.64 bits per heavy atom. The topological polar surface area (TPSA) is 74.1 Å². The van der Waals surface area contributed by atoms with Gasteiger partial charge < -0.3 is 10.4 Å². The number of amides is 1. The lowest BCUT2D eigenvalue weighted by Gasteiger charge is -2.05. The molecular weight excluding hydrogens is 314 g/mol. The fourth-order valence-corrected chi connectivity index (χ4v) is 2.23. The fraction of sp³-hybridized carbons (Fsp3) is 0.0500. The maximum Gasteiger partial charge on any atom is 0.255 e. The number of phenolic OH excluding ortho intramolecular Hbond substituents is 1. The zero-order chi connectivity index (χ0) is 17.6. The van der Waals surface area contributed by atoms with E-state index in [9.17, 15) is 9.90 Å². The van der Waals surface area contributed by atoms with Gasteiger partial charge in [-0.15, -0.1) is 5.11 Å². The molecule has 124 valence electrons. The van der Waals surface area contributed by atoms with Crippen molar-refractivity contribution in [2.24, 2.45) is 10.2 Å². The van der Waals surface area contributed by atoms with E-state index >= 15 is 0 Å². The third kappa shape index (κ3) is 4.29. The minimum atomic E-state index is -0.167. The largest absolute Gasteiger partial charge is 0.506 e. The van der Waals surface area contributed by atoms with E-state index in [2.05, 4.69) is 15.5 Å². The molecule has 0 unspecified atom stereocenters. The van der Waals surface area contributed by atoms with E-state index in [-0.39, 0.29) is 11.7 Å². The van der Waals surface area contributed by atoms with Crippen molar-refractivity contribution in [3.05, 3.63) is 83.9 Å². The van der Waals surface area contributed by atoms with Crippen LogP contribution in [-0.2, 0) is 0 Å². The number of phenols is 1. The molecule has 0 fully saturated rings. The van der Waals surface area contributed by atoms with Crippen LogP contribution in [-0.4, -0.2) is 11.0 Å². The molecule has 0 aliphatic carbocycles. The third-order valence-electron chi connectivity index (χ3n) is 3.57. The van der Waals surface area contributed by atoms with Gasteiger partial charge in [0.2, 0.25) is 0 Å². The molecule has 5 nitrogen and oxygen atoms in total. The number of carbonyl (C=O) groups is 1. The second kappa shape index (κ2) is 7.40. The number of azo groups is 1. The van der Waals surface area contributed by atoms with Crippen molar-refractivity contribution in [1.29, 1.82) is 0 Å². The Kier molecular flexibility index (Phi) is 4.85. The summed E-state index contributed by atoms with van der Waals surface area (Å²) in [5.74, 6) is -0.0826. The molecule has 0 heterocycles. The van der Waals surface area contributed by atoms with Crippen LogP contribution in [0.4, 0.5) is 17.1 Å². The van der Waals surface area contributed by atoms with Crippen LogP contribution in [0.25, 0.3) is 0 Å². The van der Waals surface area contributed by atoms with Gasteiger partial charge in [0, 0.05) is 11.3 Å². The predicted molar refractivity (Wildman–Crippen MR) is 97.9 cm³/mol. The monoisotopic (exact) mass is 331 g/mol. The molecule has 0 saturated carbocycles. The Bertz CT molecular complexity index is 904. The molecule has 3 aromatic carbocycles. The number of hydrogen-bond donors (Lipinski definition) is 2. The van der Waals surface area contributed by atoms with E-state index < -0.39 is 0 Å². The predicted octanol–water partition coefficient (Wildman–Crippen LogP) is 5.37. The third-order valence-corrected chi connectivity index (χ3v) is 3.57. The molecule has 3 aromatic rings. The molecular formula is C20H17N3O2. The molecule has 1 amide bonds.